The number of halogens is 1. The van der Waals surface area contributed by atoms with Crippen LogP contribution in [0.3, 0.4) is 0 Å². The number of nitrogens with zero attached hydrogens (tertiary/aromatic N) is 1. The number of carbonyl (C=O) groups is 1. The molecule has 2 amide bonds. The smallest absolute Gasteiger partial charge is 0.323 e. The molecule has 2 aromatic carbocycles. The lowest BCUT2D eigenvalue weighted by Crippen LogP contribution is -2.19. The highest BCUT2D eigenvalue weighted by atomic mass is 19.1. The highest BCUT2D eigenvalue weighted by Gasteiger charge is 2.15. The fourth-order valence-electron chi connectivity index (χ4n) is 1.72. The van der Waals surface area contributed by atoms with E-state index in [1.165, 1.54) is 13.2 Å². The van der Waals surface area contributed by atoms with Gasteiger partial charge in [0.25, 0.3) is 0 Å². The van der Waals surface area contributed by atoms with Crippen LogP contribution in [-0.2, 0) is 0 Å². The number of hydrogen-bond donors (Lipinski definition) is 2. The molecule has 0 saturated heterocycles. The van der Waals surface area contributed by atoms with Crippen molar-refractivity contribution in [1.29, 1.82) is 0 Å². The molecule has 0 aromatic heterocycles. The zero-order chi connectivity index (χ0) is 16.1. The van der Waals surface area contributed by atoms with Gasteiger partial charge in [0.15, 0.2) is 0 Å². The van der Waals surface area contributed by atoms with E-state index in [9.17, 15) is 19.3 Å². The Labute approximate surface area is 124 Å². The summed E-state index contributed by atoms with van der Waals surface area (Å²) in [4.78, 5) is 21.6. The molecule has 0 atom stereocenters. The first-order chi connectivity index (χ1) is 10.5. The Hall–Kier alpha value is -3.16. The molecule has 0 radical (unpaired) electrons. The molecule has 2 rings (SSSR count). The van der Waals surface area contributed by atoms with Crippen LogP contribution in [0.5, 0.6) is 5.75 Å². The van der Waals surface area contributed by atoms with Crippen LogP contribution in [0.15, 0.2) is 42.5 Å². The molecule has 0 fully saturated rings. The van der Waals surface area contributed by atoms with Gasteiger partial charge in [-0.1, -0.05) is 6.07 Å². The summed E-state index contributed by atoms with van der Waals surface area (Å²) in [7, 11) is 1.50. The van der Waals surface area contributed by atoms with Gasteiger partial charge in [-0.2, -0.15) is 4.39 Å². The van der Waals surface area contributed by atoms with E-state index in [0.29, 0.717) is 11.4 Å². The van der Waals surface area contributed by atoms with E-state index in [4.69, 9.17) is 4.74 Å². The van der Waals surface area contributed by atoms with Gasteiger partial charge < -0.3 is 15.4 Å². The first-order valence-electron chi connectivity index (χ1n) is 6.15. The number of carbonyl (C=O) groups excluding carboxylic acids is 1. The molecule has 0 unspecified atom stereocenters. The molecule has 8 heteroatoms. The number of ether oxygens (including phenoxy) is 1. The summed E-state index contributed by atoms with van der Waals surface area (Å²) < 4.78 is 18.2. The lowest BCUT2D eigenvalue weighted by molar-refractivity contribution is -0.387. The molecular formula is C14H12FN3O4. The van der Waals surface area contributed by atoms with Gasteiger partial charge in [-0.15, -0.1) is 0 Å². The lowest BCUT2D eigenvalue weighted by atomic mass is 10.2. The second-order valence-corrected chi connectivity index (χ2v) is 4.23. The fourth-order valence-corrected chi connectivity index (χ4v) is 1.72. The van der Waals surface area contributed by atoms with Crippen molar-refractivity contribution in [2.75, 3.05) is 17.7 Å². The van der Waals surface area contributed by atoms with Crippen LogP contribution in [0, 0.1) is 15.9 Å². The van der Waals surface area contributed by atoms with E-state index in [1.807, 2.05) is 0 Å². The summed E-state index contributed by atoms with van der Waals surface area (Å²) in [6, 6.07) is 9.13. The molecule has 0 aliphatic heterocycles. The molecule has 22 heavy (non-hydrogen) atoms. The van der Waals surface area contributed by atoms with Crippen molar-refractivity contribution >= 4 is 23.1 Å². The average molecular weight is 305 g/mol. The zero-order valence-electron chi connectivity index (χ0n) is 11.5. The maximum absolute atomic E-state index is 13.2. The van der Waals surface area contributed by atoms with Crippen LogP contribution in [0.1, 0.15) is 0 Å². The third-order valence-electron chi connectivity index (χ3n) is 2.73. The minimum Gasteiger partial charge on any atom is -0.497 e. The average Bonchev–Trinajstić information content (AvgIpc) is 2.49. The van der Waals surface area contributed by atoms with E-state index in [2.05, 4.69) is 10.6 Å². The number of nitro groups is 1. The topological polar surface area (TPSA) is 93.5 Å². The Kier molecular flexibility index (Phi) is 4.52. The molecule has 0 bridgehead atoms. The summed E-state index contributed by atoms with van der Waals surface area (Å²) in [6.45, 7) is 0. The van der Waals surface area contributed by atoms with E-state index < -0.39 is 22.5 Å². The Morgan fingerprint density at radius 2 is 1.86 bits per heavy atom. The molecule has 7 nitrogen and oxygen atoms in total. The van der Waals surface area contributed by atoms with Crippen molar-refractivity contribution in [2.45, 2.75) is 0 Å². The summed E-state index contributed by atoms with van der Waals surface area (Å²) in [6.07, 6.45) is 0. The van der Waals surface area contributed by atoms with Crippen LogP contribution >= 0.6 is 0 Å². The number of urea groups is 1. The Morgan fingerprint density at radius 1 is 1.18 bits per heavy atom. The number of hydrogen-bond acceptors (Lipinski definition) is 4. The van der Waals surface area contributed by atoms with Crippen LogP contribution < -0.4 is 15.4 Å². The molecule has 114 valence electrons. The van der Waals surface area contributed by atoms with Gasteiger partial charge in [0.1, 0.15) is 5.75 Å². The van der Waals surface area contributed by atoms with Gasteiger partial charge in [-0.3, -0.25) is 10.1 Å². The van der Waals surface area contributed by atoms with Crippen LogP contribution in [0.2, 0.25) is 0 Å². The lowest BCUT2D eigenvalue weighted by Gasteiger charge is -2.08. The van der Waals surface area contributed by atoms with E-state index in [-0.39, 0.29) is 5.69 Å². The maximum atomic E-state index is 13.2. The van der Waals surface area contributed by atoms with E-state index >= 15 is 0 Å². The van der Waals surface area contributed by atoms with Gasteiger partial charge in [0.05, 0.1) is 12.0 Å². The van der Waals surface area contributed by atoms with Crippen molar-refractivity contribution in [3.05, 3.63) is 58.4 Å². The van der Waals surface area contributed by atoms with Crippen molar-refractivity contribution < 1.29 is 18.8 Å². The largest absolute Gasteiger partial charge is 0.497 e. The van der Waals surface area contributed by atoms with Crippen LogP contribution in [-0.4, -0.2) is 18.1 Å². The predicted molar refractivity (Wildman–Crippen MR) is 78.7 cm³/mol. The summed E-state index contributed by atoms with van der Waals surface area (Å²) in [5, 5.41) is 15.6. The van der Waals surface area contributed by atoms with Crippen LogP contribution in [0.4, 0.5) is 26.2 Å². The Balaban J connectivity index is 2.08. The highest BCUT2D eigenvalue weighted by Crippen LogP contribution is 2.22. The van der Waals surface area contributed by atoms with Gasteiger partial charge in [0, 0.05) is 23.5 Å². The number of nitro benzene ring substituents is 1. The number of benzene rings is 2. The van der Waals surface area contributed by atoms with E-state index in [0.717, 1.165) is 12.1 Å². The zero-order valence-corrected chi connectivity index (χ0v) is 11.5. The second-order valence-electron chi connectivity index (χ2n) is 4.23. The second kappa shape index (κ2) is 6.53. The van der Waals surface area contributed by atoms with Gasteiger partial charge in [-0.05, 0) is 24.3 Å². The summed E-state index contributed by atoms with van der Waals surface area (Å²) in [5.41, 5.74) is -0.124. The highest BCUT2D eigenvalue weighted by molar-refractivity contribution is 6.00. The number of methoxy groups -OCH3 is 1. The molecule has 0 aliphatic rings. The normalized spacial score (nSPS) is 9.91. The first-order valence-corrected chi connectivity index (χ1v) is 6.15. The number of amides is 2. The van der Waals surface area contributed by atoms with Crippen molar-refractivity contribution in [2.24, 2.45) is 0 Å². The molecule has 0 spiro atoms. The molecule has 2 aromatic rings. The maximum Gasteiger partial charge on any atom is 0.323 e. The van der Waals surface area contributed by atoms with E-state index in [1.54, 1.807) is 24.3 Å². The number of nitrogens with one attached hydrogen (secondary N) is 2. The number of rotatable bonds is 4. The minimum atomic E-state index is -0.969. The fraction of sp³-hybridized carbons (Fsp3) is 0.0714. The van der Waals surface area contributed by atoms with Gasteiger partial charge >= 0.3 is 11.7 Å². The molecule has 2 N–H and O–H groups in total. The van der Waals surface area contributed by atoms with Crippen molar-refractivity contribution in [3.63, 3.8) is 0 Å². The third kappa shape index (κ3) is 3.69. The van der Waals surface area contributed by atoms with Gasteiger partial charge in [-0.25, -0.2) is 4.79 Å². The Bertz CT molecular complexity index is 721. The summed E-state index contributed by atoms with van der Waals surface area (Å²) in [5.74, 6) is -0.404. The Morgan fingerprint density at radius 3 is 2.50 bits per heavy atom. The minimum absolute atomic E-state index is 0.105. The quantitative estimate of drug-likeness (QED) is 0.668. The predicted octanol–water partition coefficient (Wildman–Crippen LogP) is 3.39. The third-order valence-corrected chi connectivity index (χ3v) is 2.73. The monoisotopic (exact) mass is 305 g/mol. The molecule has 0 heterocycles. The van der Waals surface area contributed by atoms with Crippen molar-refractivity contribution in [3.8, 4) is 5.75 Å². The molecular weight excluding hydrogens is 293 g/mol. The number of anilines is 2. The molecule has 0 aliphatic carbocycles. The summed E-state index contributed by atoms with van der Waals surface area (Å²) >= 11 is 0. The SMILES string of the molecule is COc1cccc(NC(=O)Nc2ccc(F)c([N+](=O)[O-])c2)c1. The van der Waals surface area contributed by atoms with Crippen LogP contribution in [0.25, 0.3) is 0 Å². The molecule has 0 saturated carbocycles. The first kappa shape index (κ1) is 15.2. The standard InChI is InChI=1S/C14H12FN3O4/c1-22-11-4-2-3-9(7-11)16-14(19)17-10-5-6-12(15)13(8-10)18(20)21/h2-8H,1H3,(H2,16,17,19). The van der Waals surface area contributed by atoms with Crippen molar-refractivity contribution in [1.82, 2.24) is 0 Å². The van der Waals surface area contributed by atoms with Gasteiger partial charge in [0.2, 0.25) is 5.82 Å².